The third kappa shape index (κ3) is 6.33. The van der Waals surface area contributed by atoms with Gasteiger partial charge in [0.25, 0.3) is 0 Å². The molecule has 0 aromatic heterocycles. The lowest BCUT2D eigenvalue weighted by atomic mass is 9.79. The van der Waals surface area contributed by atoms with Gasteiger partial charge in [-0.25, -0.2) is 9.78 Å². The summed E-state index contributed by atoms with van der Waals surface area (Å²) < 4.78 is 12.5. The Kier molecular flexibility index (Phi) is 10.1. The molecule has 0 saturated carbocycles. The minimum Gasteiger partial charge on any atom is -0.332 e. The Bertz CT molecular complexity index is 1580. The summed E-state index contributed by atoms with van der Waals surface area (Å²) in [6, 6.07) is 21.3. The lowest BCUT2D eigenvalue weighted by Crippen LogP contribution is -2.27. The molecule has 5 rings (SSSR count). The minimum atomic E-state index is -0.241. The molecule has 10 heteroatoms. The first kappa shape index (κ1) is 31.5. The fourth-order valence-corrected chi connectivity index (χ4v) is 7.10. The molecule has 0 radical (unpaired) electrons. The highest BCUT2D eigenvalue weighted by Gasteiger charge is 2.45. The summed E-state index contributed by atoms with van der Waals surface area (Å²) in [6.45, 7) is 9.01. The van der Waals surface area contributed by atoms with Gasteiger partial charge in [0.15, 0.2) is 5.71 Å². The monoisotopic (exact) mass is 621 g/mol. The molecule has 0 bridgehead atoms. The summed E-state index contributed by atoms with van der Waals surface area (Å²) in [6.07, 6.45) is 10.6. The number of hydrogen-bond acceptors (Lipinski definition) is 9. The predicted octanol–water partition coefficient (Wildman–Crippen LogP) is 8.24. The molecule has 0 N–H and O–H groups in total. The normalized spacial score (nSPS) is 18.1. The van der Waals surface area contributed by atoms with Crippen molar-refractivity contribution < 1.29 is 33.1 Å². The van der Waals surface area contributed by atoms with Crippen LogP contribution >= 0.6 is 24.1 Å². The van der Waals surface area contributed by atoms with Gasteiger partial charge in [-0.1, -0.05) is 84.6 Å². The first-order valence-corrected chi connectivity index (χ1v) is 15.7. The molecule has 0 unspecified atom stereocenters. The van der Waals surface area contributed by atoms with Crippen LogP contribution in [0.2, 0.25) is 0 Å². The van der Waals surface area contributed by atoms with E-state index in [2.05, 4.69) is 148 Å². The predicted molar refractivity (Wildman–Crippen MR) is 173 cm³/mol. The number of fused-ring (bicyclic) bond motifs is 4. The summed E-state index contributed by atoms with van der Waals surface area (Å²) in [5.41, 5.74) is 6.76. The summed E-state index contributed by atoms with van der Waals surface area (Å²) in [5.74, 6) is 1.07. The third-order valence-corrected chi connectivity index (χ3v) is 8.97. The van der Waals surface area contributed by atoms with Crippen LogP contribution in [0.5, 0.6) is 0 Å². The van der Waals surface area contributed by atoms with E-state index in [0.717, 1.165) is 22.8 Å². The minimum absolute atomic E-state index is 0.184. The zero-order chi connectivity index (χ0) is 30.5. The van der Waals surface area contributed by atoms with Gasteiger partial charge in [0.2, 0.25) is 11.6 Å². The van der Waals surface area contributed by atoms with Crippen LogP contribution in [0.25, 0.3) is 10.8 Å². The van der Waals surface area contributed by atoms with Gasteiger partial charge in [-0.2, -0.15) is 4.58 Å². The first-order chi connectivity index (χ1) is 20.8. The van der Waals surface area contributed by atoms with E-state index >= 15 is 0 Å². The molecule has 0 spiro atoms. The van der Waals surface area contributed by atoms with E-state index in [4.69, 9.17) is 8.67 Å². The lowest BCUT2D eigenvalue weighted by Gasteiger charge is -2.26. The van der Waals surface area contributed by atoms with Crippen LogP contribution in [-0.2, 0) is 39.3 Å². The largest absolute Gasteiger partial charge is 0.332 e. The van der Waals surface area contributed by atoms with Gasteiger partial charge < -0.3 is 4.90 Å². The number of para-hydroxylation sites is 1. The summed E-state index contributed by atoms with van der Waals surface area (Å²) >= 11 is 2.34. The molecule has 0 amide bonds. The van der Waals surface area contributed by atoms with Crippen molar-refractivity contribution in [3.05, 3.63) is 108 Å². The summed E-state index contributed by atoms with van der Waals surface area (Å²) in [5, 5.41) is 11.7. The zero-order valence-corrected chi connectivity index (χ0v) is 26.9. The van der Waals surface area contributed by atoms with Crippen molar-refractivity contribution in [2.45, 2.75) is 38.5 Å². The van der Waals surface area contributed by atoms with Crippen LogP contribution < -0.4 is 4.90 Å². The fourth-order valence-electron chi connectivity index (χ4n) is 6.06. The van der Waals surface area contributed by atoms with Crippen LogP contribution in [0.15, 0.2) is 96.7 Å². The molecular formula is C33H37N2O6S2+. The van der Waals surface area contributed by atoms with Crippen LogP contribution in [0.4, 0.5) is 11.4 Å². The summed E-state index contributed by atoms with van der Waals surface area (Å²) in [7, 11) is 2.82. The Hall–Kier alpha value is -2.93. The molecule has 2 aliphatic heterocycles. The standard InChI is InChI=1S/C33H37N2O6S2/c1-32(2)26-16-12-13-17-27(26)34(22-42-40-38-36-5)29(32)18-8-7-9-19-30-33(3,4)31-25-15-11-10-14-24(25)20-21-28(31)35(30)23-43-41-39-37-6/h7-21H,22-23H2,1-6H3/q+1. The van der Waals surface area contributed by atoms with Crippen molar-refractivity contribution in [2.24, 2.45) is 0 Å². The van der Waals surface area contributed by atoms with Crippen molar-refractivity contribution in [2.75, 3.05) is 30.9 Å². The van der Waals surface area contributed by atoms with Crippen LogP contribution in [0.3, 0.4) is 0 Å². The van der Waals surface area contributed by atoms with Gasteiger partial charge in [-0.05, 0) is 48.4 Å². The maximum absolute atomic E-state index is 5.13. The Labute approximate surface area is 261 Å². The Balaban J connectivity index is 1.43. The highest BCUT2D eigenvalue weighted by Crippen LogP contribution is 2.48. The van der Waals surface area contributed by atoms with Crippen molar-refractivity contribution in [1.82, 2.24) is 0 Å². The topological polar surface area (TPSA) is 61.6 Å². The Morgan fingerprint density at radius 3 is 2.30 bits per heavy atom. The SMILES string of the molecule is COOOSCN1/C(=C/C=C/C=C/C2=[N+](CSOOOC)c3ccc4ccccc4c3C2(C)C)C(C)(C)c2ccccc21. The molecule has 0 saturated heterocycles. The first-order valence-electron chi connectivity index (χ1n) is 13.9. The van der Waals surface area contributed by atoms with E-state index in [1.165, 1.54) is 60.2 Å². The second-order valence-electron chi connectivity index (χ2n) is 11.1. The van der Waals surface area contributed by atoms with E-state index in [9.17, 15) is 0 Å². The summed E-state index contributed by atoms with van der Waals surface area (Å²) in [4.78, 5) is 11.4. The van der Waals surface area contributed by atoms with Crippen LogP contribution in [-0.4, -0.2) is 36.3 Å². The molecule has 8 nitrogen and oxygen atoms in total. The number of rotatable bonds is 13. The zero-order valence-electron chi connectivity index (χ0n) is 25.2. The molecule has 2 heterocycles. The maximum Gasteiger partial charge on any atom is 0.223 e. The fraction of sp³-hybridized carbons (Fsp3) is 0.303. The van der Waals surface area contributed by atoms with Crippen molar-refractivity contribution in [3.8, 4) is 0 Å². The van der Waals surface area contributed by atoms with E-state index in [0.29, 0.717) is 11.8 Å². The van der Waals surface area contributed by atoms with Crippen LogP contribution in [0, 0.1) is 0 Å². The van der Waals surface area contributed by atoms with E-state index in [-0.39, 0.29) is 10.8 Å². The average Bonchev–Trinajstić information content (AvgIpc) is 3.36. The average molecular weight is 622 g/mol. The molecular weight excluding hydrogens is 585 g/mol. The molecule has 3 aromatic rings. The number of anilines is 1. The van der Waals surface area contributed by atoms with Crippen molar-refractivity contribution in [3.63, 3.8) is 0 Å². The molecule has 3 aromatic carbocycles. The Morgan fingerprint density at radius 2 is 1.51 bits per heavy atom. The smallest absolute Gasteiger partial charge is 0.223 e. The highest BCUT2D eigenvalue weighted by atomic mass is 32.2. The number of allylic oxidation sites excluding steroid dienone is 6. The van der Waals surface area contributed by atoms with Crippen LogP contribution in [0.1, 0.15) is 38.8 Å². The number of nitrogens with zero attached hydrogens (tertiary/aromatic N) is 2. The van der Waals surface area contributed by atoms with Gasteiger partial charge in [0.1, 0.15) is 12.0 Å². The van der Waals surface area contributed by atoms with E-state index < -0.39 is 0 Å². The molecule has 226 valence electrons. The molecule has 0 fully saturated rings. The van der Waals surface area contributed by atoms with E-state index in [1.807, 2.05) is 0 Å². The van der Waals surface area contributed by atoms with Crippen molar-refractivity contribution >= 4 is 51.9 Å². The van der Waals surface area contributed by atoms with Gasteiger partial charge in [0, 0.05) is 34.5 Å². The lowest BCUT2D eigenvalue weighted by molar-refractivity contribution is -0.454. The van der Waals surface area contributed by atoms with Crippen molar-refractivity contribution in [1.29, 1.82) is 0 Å². The number of benzene rings is 3. The second kappa shape index (κ2) is 13.8. The maximum atomic E-state index is 5.13. The quantitative estimate of drug-likeness (QED) is 0.0469. The Morgan fingerprint density at radius 1 is 0.791 bits per heavy atom. The second-order valence-corrected chi connectivity index (χ2v) is 12.3. The molecule has 2 aliphatic rings. The van der Waals surface area contributed by atoms with E-state index in [1.54, 1.807) is 0 Å². The van der Waals surface area contributed by atoms with Gasteiger partial charge in [-0.3, -0.25) is 0 Å². The third-order valence-electron chi connectivity index (χ3n) is 7.94. The van der Waals surface area contributed by atoms with Gasteiger partial charge >= 0.3 is 0 Å². The molecule has 0 aliphatic carbocycles. The highest BCUT2D eigenvalue weighted by molar-refractivity contribution is 7.94. The van der Waals surface area contributed by atoms with Gasteiger partial charge in [-0.15, -0.1) is 8.67 Å². The number of hydrogen-bond donors (Lipinski definition) is 0. The molecule has 43 heavy (non-hydrogen) atoms. The van der Waals surface area contributed by atoms with Gasteiger partial charge in [0.05, 0.1) is 37.6 Å². The molecule has 0 atom stereocenters.